The Hall–Kier alpha value is -1.46. The van der Waals surface area contributed by atoms with E-state index in [1.807, 2.05) is 0 Å². The van der Waals surface area contributed by atoms with E-state index >= 15 is 0 Å². The van der Waals surface area contributed by atoms with Gasteiger partial charge in [0.25, 0.3) is 0 Å². The quantitative estimate of drug-likeness (QED) is 0.379. The zero-order valence-electron chi connectivity index (χ0n) is 22.7. The van der Waals surface area contributed by atoms with E-state index in [9.17, 15) is 9.59 Å². The average Bonchev–Trinajstić information content (AvgIpc) is 3.24. The molecule has 4 aliphatic rings. The lowest BCUT2D eigenvalue weighted by atomic mass is 9.44. The van der Waals surface area contributed by atoms with Crippen LogP contribution >= 0.6 is 0 Å². The fourth-order valence-electron chi connectivity index (χ4n) is 10.4. The van der Waals surface area contributed by atoms with Gasteiger partial charge in [0.15, 0.2) is 11.2 Å². The van der Waals surface area contributed by atoms with Gasteiger partial charge in [-0.1, -0.05) is 98.3 Å². The Balaban J connectivity index is 1.97. The molecule has 0 aromatic heterocycles. The van der Waals surface area contributed by atoms with E-state index in [1.165, 1.54) is 51.4 Å². The molecule has 4 rings (SSSR count). The van der Waals surface area contributed by atoms with Crippen LogP contribution in [0.4, 0.5) is 9.59 Å². The maximum Gasteiger partial charge on any atom is 0.405 e. The van der Waals surface area contributed by atoms with E-state index in [-0.39, 0.29) is 16.7 Å². The molecule has 6 unspecified atom stereocenters. The number of primary amides is 2. The van der Waals surface area contributed by atoms with Crippen molar-refractivity contribution in [1.82, 2.24) is 0 Å². The van der Waals surface area contributed by atoms with Crippen LogP contribution in [0.5, 0.6) is 0 Å². The second kappa shape index (κ2) is 9.78. The van der Waals surface area contributed by atoms with E-state index in [4.69, 9.17) is 20.9 Å². The van der Waals surface area contributed by atoms with Gasteiger partial charge in [-0.3, -0.25) is 0 Å². The number of amides is 2. The molecular weight excluding hydrogens is 440 g/mol. The van der Waals surface area contributed by atoms with Gasteiger partial charge in [0, 0.05) is 11.3 Å². The average molecular weight is 491 g/mol. The lowest BCUT2D eigenvalue weighted by Crippen LogP contribution is -2.72. The first-order valence-corrected chi connectivity index (χ1v) is 14.6. The molecule has 0 aromatic rings. The van der Waals surface area contributed by atoms with Crippen LogP contribution in [0.3, 0.4) is 0 Å². The molecule has 4 aliphatic carbocycles. The summed E-state index contributed by atoms with van der Waals surface area (Å²) in [6.45, 7) is 9.28. The Labute approximate surface area is 212 Å². The highest BCUT2D eigenvalue weighted by Crippen LogP contribution is 2.79. The van der Waals surface area contributed by atoms with Crippen molar-refractivity contribution >= 4 is 12.2 Å². The van der Waals surface area contributed by atoms with E-state index in [1.54, 1.807) is 0 Å². The summed E-state index contributed by atoms with van der Waals surface area (Å²) in [5, 5.41) is 0. The number of rotatable bonds is 8. The summed E-state index contributed by atoms with van der Waals surface area (Å²) in [4.78, 5) is 25.4. The van der Waals surface area contributed by atoms with Crippen molar-refractivity contribution in [3.8, 4) is 0 Å². The molecule has 0 heterocycles. The molecule has 4 saturated carbocycles. The first-order chi connectivity index (χ1) is 16.6. The van der Waals surface area contributed by atoms with Gasteiger partial charge >= 0.3 is 12.2 Å². The summed E-state index contributed by atoms with van der Waals surface area (Å²) in [7, 11) is 0. The molecule has 0 radical (unpaired) electrons. The van der Waals surface area contributed by atoms with Crippen molar-refractivity contribution < 1.29 is 19.1 Å². The number of nitrogens with two attached hydrogens (primary N) is 2. The molecule has 6 atom stereocenters. The van der Waals surface area contributed by atoms with E-state index in [2.05, 4.69) is 27.7 Å². The van der Waals surface area contributed by atoms with E-state index in [0.29, 0.717) is 30.6 Å². The highest BCUT2D eigenvalue weighted by Gasteiger charge is 2.84. The summed E-state index contributed by atoms with van der Waals surface area (Å²) in [5.41, 5.74) is 9.35. The molecule has 0 saturated heterocycles. The van der Waals surface area contributed by atoms with Crippen LogP contribution in [0, 0.1) is 34.5 Å². The number of ether oxygens (including phenoxy) is 2. The fourth-order valence-corrected chi connectivity index (χ4v) is 10.4. The van der Waals surface area contributed by atoms with Crippen molar-refractivity contribution in [3.63, 3.8) is 0 Å². The first-order valence-electron chi connectivity index (χ1n) is 14.6. The van der Waals surface area contributed by atoms with Crippen molar-refractivity contribution in [2.75, 3.05) is 0 Å². The Bertz CT molecular complexity index is 792. The molecule has 2 bridgehead atoms. The van der Waals surface area contributed by atoms with Crippen LogP contribution in [0.25, 0.3) is 0 Å². The topological polar surface area (TPSA) is 105 Å². The molecule has 0 aromatic carbocycles. The normalized spacial score (nSPS) is 39.8. The minimum absolute atomic E-state index is 0.0828. The molecule has 6 nitrogen and oxygen atoms in total. The predicted octanol–water partition coefficient (Wildman–Crippen LogP) is 7.08. The summed E-state index contributed by atoms with van der Waals surface area (Å²) < 4.78 is 12.8. The maximum atomic E-state index is 12.9. The molecule has 200 valence electrons. The van der Waals surface area contributed by atoms with Crippen molar-refractivity contribution in [2.24, 2.45) is 46.0 Å². The van der Waals surface area contributed by atoms with Gasteiger partial charge in [-0.05, 0) is 48.9 Å². The van der Waals surface area contributed by atoms with E-state index < -0.39 is 23.4 Å². The van der Waals surface area contributed by atoms with Crippen LogP contribution in [-0.2, 0) is 9.47 Å². The van der Waals surface area contributed by atoms with Crippen molar-refractivity contribution in [1.29, 1.82) is 0 Å². The Morgan fingerprint density at radius 3 is 1.71 bits per heavy atom. The number of carbonyl (C=O) groups is 2. The third kappa shape index (κ3) is 3.87. The van der Waals surface area contributed by atoms with Crippen molar-refractivity contribution in [3.05, 3.63) is 0 Å². The maximum absolute atomic E-state index is 12.9. The summed E-state index contributed by atoms with van der Waals surface area (Å²) in [6.07, 6.45) is 14.9. The second-order valence-electron chi connectivity index (χ2n) is 12.8. The van der Waals surface area contributed by atoms with Gasteiger partial charge in [-0.2, -0.15) is 0 Å². The number of hydrogen-bond acceptors (Lipinski definition) is 4. The third-order valence-electron chi connectivity index (χ3n) is 11.6. The predicted molar refractivity (Wildman–Crippen MR) is 138 cm³/mol. The fraction of sp³-hybridized carbons (Fsp3) is 0.931. The monoisotopic (exact) mass is 490 g/mol. The lowest BCUT2D eigenvalue weighted by Gasteiger charge is -2.64. The summed E-state index contributed by atoms with van der Waals surface area (Å²) >= 11 is 0. The standard InChI is InChI=1S/C29H50N2O4/c1-5-22(20-13-9-7-10-14-20)27(4)26(3)17-18-28(19-26,34-24(30)32)29(27,35-25(31)33)23(6-2)21-15-11-8-12-16-21/h20-23H,5-19H2,1-4H3,(H2,30,32)(H2,31,33). The molecule has 4 N–H and O–H groups in total. The number of carbonyl (C=O) groups excluding carboxylic acids is 2. The Morgan fingerprint density at radius 2 is 1.26 bits per heavy atom. The van der Waals surface area contributed by atoms with Crippen LogP contribution in [0.1, 0.15) is 124 Å². The second-order valence-corrected chi connectivity index (χ2v) is 12.8. The molecule has 4 fully saturated rings. The summed E-state index contributed by atoms with van der Waals surface area (Å²) in [6, 6.07) is 0. The molecule has 0 spiro atoms. The van der Waals surface area contributed by atoms with Crippen LogP contribution in [0.2, 0.25) is 0 Å². The SMILES string of the molecule is CCC(C1CCCCC1)C1(C)C2(C)CCC(OC(N)=O)(C2)C1(OC(N)=O)C(CC)C1CCCCC1. The van der Waals surface area contributed by atoms with Crippen LogP contribution in [-0.4, -0.2) is 23.4 Å². The molecule has 2 amide bonds. The van der Waals surface area contributed by atoms with E-state index in [0.717, 1.165) is 32.1 Å². The van der Waals surface area contributed by atoms with Crippen LogP contribution in [0.15, 0.2) is 0 Å². The molecule has 6 heteroatoms. The first kappa shape index (κ1) is 26.6. The molecular formula is C29H50N2O4. The zero-order chi connectivity index (χ0) is 25.5. The lowest BCUT2D eigenvalue weighted by molar-refractivity contribution is -0.261. The number of hydrogen-bond donors (Lipinski definition) is 2. The minimum Gasteiger partial charge on any atom is -0.439 e. The molecule has 0 aliphatic heterocycles. The van der Waals surface area contributed by atoms with Gasteiger partial charge in [0.2, 0.25) is 0 Å². The van der Waals surface area contributed by atoms with Crippen LogP contribution < -0.4 is 11.5 Å². The highest BCUT2D eigenvalue weighted by molar-refractivity contribution is 5.68. The third-order valence-corrected chi connectivity index (χ3v) is 11.6. The zero-order valence-corrected chi connectivity index (χ0v) is 22.7. The minimum atomic E-state index is -0.970. The highest BCUT2D eigenvalue weighted by atomic mass is 16.6. The van der Waals surface area contributed by atoms with Gasteiger partial charge in [0.05, 0.1) is 0 Å². The van der Waals surface area contributed by atoms with Crippen molar-refractivity contribution in [2.45, 2.75) is 135 Å². The van der Waals surface area contributed by atoms with Gasteiger partial charge < -0.3 is 20.9 Å². The Kier molecular flexibility index (Phi) is 7.43. The Morgan fingerprint density at radius 1 is 0.771 bits per heavy atom. The van der Waals surface area contributed by atoms with Gasteiger partial charge in [-0.15, -0.1) is 0 Å². The van der Waals surface area contributed by atoms with Gasteiger partial charge in [-0.25, -0.2) is 9.59 Å². The number of fused-ring (bicyclic) bond motifs is 2. The largest absolute Gasteiger partial charge is 0.439 e. The molecule has 35 heavy (non-hydrogen) atoms. The summed E-state index contributed by atoms with van der Waals surface area (Å²) in [5.74, 6) is 1.45. The smallest absolute Gasteiger partial charge is 0.405 e. The van der Waals surface area contributed by atoms with Gasteiger partial charge in [0.1, 0.15) is 0 Å².